The molecule has 0 bridgehead atoms. The Morgan fingerprint density at radius 3 is 2.67 bits per heavy atom. The van der Waals surface area contributed by atoms with Crippen LogP contribution in [0.5, 0.6) is 5.75 Å². The smallest absolute Gasteiger partial charge is 0.138 e. The van der Waals surface area contributed by atoms with Gasteiger partial charge in [-0.05, 0) is 41.5 Å². The van der Waals surface area contributed by atoms with E-state index in [2.05, 4.69) is 38.4 Å². The van der Waals surface area contributed by atoms with Crippen LogP contribution >= 0.6 is 0 Å². The number of pyridine rings is 1. The van der Waals surface area contributed by atoms with Gasteiger partial charge in [0, 0.05) is 28.2 Å². The molecule has 2 N–H and O–H groups in total. The Hall–Kier alpha value is -4.58. The molecule has 6 heteroatoms. The van der Waals surface area contributed by atoms with Gasteiger partial charge >= 0.3 is 0 Å². The normalized spacial score (nSPS) is 11.2. The number of rotatable bonds is 6. The molecule has 6 nitrogen and oxygen atoms in total. The van der Waals surface area contributed by atoms with Crippen LogP contribution in [0.25, 0.3) is 44.7 Å². The van der Waals surface area contributed by atoms with Gasteiger partial charge < -0.3 is 14.1 Å². The van der Waals surface area contributed by atoms with Crippen molar-refractivity contribution >= 4 is 10.9 Å². The minimum Gasteiger partial charge on any atom is -0.487 e. The molecule has 4 heterocycles. The summed E-state index contributed by atoms with van der Waals surface area (Å²) in [6.07, 6.45) is 6.96. The van der Waals surface area contributed by atoms with Crippen LogP contribution < -0.4 is 4.74 Å². The van der Waals surface area contributed by atoms with Crippen molar-refractivity contribution in [2.75, 3.05) is 0 Å². The van der Waals surface area contributed by atoms with Gasteiger partial charge in [-0.3, -0.25) is 10.1 Å². The molecule has 0 aliphatic rings. The highest BCUT2D eigenvalue weighted by Gasteiger charge is 2.12. The lowest BCUT2D eigenvalue weighted by Crippen LogP contribution is -1.95. The monoisotopic (exact) mass is 432 g/mol. The van der Waals surface area contributed by atoms with Crippen LogP contribution in [0.3, 0.4) is 0 Å². The average molecular weight is 432 g/mol. The summed E-state index contributed by atoms with van der Waals surface area (Å²) in [4.78, 5) is 7.82. The van der Waals surface area contributed by atoms with E-state index in [-0.39, 0.29) is 0 Å². The van der Waals surface area contributed by atoms with E-state index in [1.165, 1.54) is 0 Å². The Kier molecular flexibility index (Phi) is 4.73. The Labute approximate surface area is 189 Å². The molecular weight excluding hydrogens is 412 g/mol. The first kappa shape index (κ1) is 19.1. The van der Waals surface area contributed by atoms with E-state index in [4.69, 9.17) is 9.15 Å². The molecule has 0 aliphatic heterocycles. The van der Waals surface area contributed by atoms with E-state index >= 15 is 0 Å². The Morgan fingerprint density at radius 1 is 0.848 bits per heavy atom. The summed E-state index contributed by atoms with van der Waals surface area (Å²) in [5.41, 5.74) is 7.89. The first-order valence-corrected chi connectivity index (χ1v) is 10.7. The number of ether oxygens (including phenoxy) is 1. The summed E-state index contributed by atoms with van der Waals surface area (Å²) >= 11 is 0. The Balaban J connectivity index is 1.27. The third-order valence-electron chi connectivity index (χ3n) is 5.62. The number of furan rings is 1. The molecule has 0 fully saturated rings. The first-order chi connectivity index (χ1) is 16.3. The van der Waals surface area contributed by atoms with E-state index in [0.717, 1.165) is 50.2 Å². The molecule has 0 spiro atoms. The van der Waals surface area contributed by atoms with Crippen molar-refractivity contribution < 1.29 is 9.15 Å². The molecule has 0 unspecified atom stereocenters. The summed E-state index contributed by atoms with van der Waals surface area (Å²) in [6.45, 7) is 0.492. The second-order valence-electron chi connectivity index (χ2n) is 7.81. The third-order valence-corrected chi connectivity index (χ3v) is 5.62. The number of nitrogens with zero attached hydrogens (tertiary/aromatic N) is 2. The van der Waals surface area contributed by atoms with Crippen LogP contribution in [0.1, 0.15) is 5.56 Å². The summed E-state index contributed by atoms with van der Waals surface area (Å²) < 4.78 is 11.2. The molecule has 0 saturated heterocycles. The number of hydrogen-bond donors (Lipinski definition) is 2. The number of aromatic amines is 2. The average Bonchev–Trinajstić information content (AvgIpc) is 3.63. The molecule has 2 aromatic carbocycles. The molecule has 0 radical (unpaired) electrons. The van der Waals surface area contributed by atoms with E-state index in [0.29, 0.717) is 12.4 Å². The van der Waals surface area contributed by atoms with Gasteiger partial charge in [0.05, 0.1) is 35.8 Å². The van der Waals surface area contributed by atoms with Gasteiger partial charge in [0.15, 0.2) is 0 Å². The van der Waals surface area contributed by atoms with Gasteiger partial charge in [0.25, 0.3) is 0 Å². The lowest BCUT2D eigenvalue weighted by Gasteiger charge is -2.06. The van der Waals surface area contributed by atoms with Gasteiger partial charge in [-0.1, -0.05) is 42.5 Å². The van der Waals surface area contributed by atoms with Crippen LogP contribution in [0.4, 0.5) is 0 Å². The van der Waals surface area contributed by atoms with Gasteiger partial charge in [0.2, 0.25) is 0 Å². The third kappa shape index (κ3) is 3.78. The molecule has 0 atom stereocenters. The topological polar surface area (TPSA) is 79.7 Å². The van der Waals surface area contributed by atoms with Crippen LogP contribution in [-0.4, -0.2) is 20.2 Å². The summed E-state index contributed by atoms with van der Waals surface area (Å²) in [6, 6.07) is 24.3. The van der Waals surface area contributed by atoms with Gasteiger partial charge in [-0.25, -0.2) is 0 Å². The van der Waals surface area contributed by atoms with Crippen molar-refractivity contribution in [2.45, 2.75) is 6.61 Å². The Morgan fingerprint density at radius 2 is 1.79 bits per heavy atom. The predicted molar refractivity (Wildman–Crippen MR) is 128 cm³/mol. The van der Waals surface area contributed by atoms with E-state index in [1.54, 1.807) is 24.9 Å². The van der Waals surface area contributed by atoms with E-state index in [1.807, 2.05) is 54.6 Å². The number of H-pyrrole nitrogens is 2. The number of hydrogen-bond acceptors (Lipinski definition) is 4. The first-order valence-electron chi connectivity index (χ1n) is 10.7. The number of fused-ring (bicyclic) bond motifs is 1. The standard InChI is InChI=1S/C27H20N4O2/c1-2-5-18(6-3-1)16-33-21-11-20(14-28-15-21)25-13-27(31-30-25)26-12-23-22(19-9-10-32-17-19)7-4-8-24(23)29-26/h1-15,17,29H,16H2,(H,30,31). The maximum Gasteiger partial charge on any atom is 0.138 e. The highest BCUT2D eigenvalue weighted by Crippen LogP contribution is 2.33. The molecule has 6 rings (SSSR count). The van der Waals surface area contributed by atoms with Crippen molar-refractivity contribution in [2.24, 2.45) is 0 Å². The zero-order valence-electron chi connectivity index (χ0n) is 17.7. The molecule has 0 amide bonds. The lowest BCUT2D eigenvalue weighted by molar-refractivity contribution is 0.305. The largest absolute Gasteiger partial charge is 0.487 e. The van der Waals surface area contributed by atoms with Gasteiger partial charge in [0.1, 0.15) is 12.4 Å². The van der Waals surface area contributed by atoms with E-state index < -0.39 is 0 Å². The number of benzene rings is 2. The minimum atomic E-state index is 0.492. The molecular formula is C27H20N4O2. The van der Waals surface area contributed by atoms with Crippen LogP contribution in [0.15, 0.2) is 102 Å². The molecule has 0 aliphatic carbocycles. The highest BCUT2D eigenvalue weighted by molar-refractivity contribution is 5.97. The number of nitrogens with one attached hydrogen (secondary N) is 2. The lowest BCUT2D eigenvalue weighted by atomic mass is 10.0. The molecule has 4 aromatic heterocycles. The number of aromatic nitrogens is 4. The van der Waals surface area contributed by atoms with E-state index in [9.17, 15) is 0 Å². The van der Waals surface area contributed by atoms with Crippen molar-refractivity contribution in [1.29, 1.82) is 0 Å². The quantitative estimate of drug-likeness (QED) is 0.317. The summed E-state index contributed by atoms with van der Waals surface area (Å²) in [7, 11) is 0. The SMILES string of the molecule is c1ccc(COc2cncc(-c3cc(-c4cc5c(-c6ccoc6)cccc5[nH]4)[nH]n3)c2)cc1. The fourth-order valence-electron chi connectivity index (χ4n) is 3.96. The minimum absolute atomic E-state index is 0.492. The summed E-state index contributed by atoms with van der Waals surface area (Å²) in [5, 5.41) is 8.78. The van der Waals surface area contributed by atoms with Crippen LogP contribution in [0, 0.1) is 0 Å². The second-order valence-corrected chi connectivity index (χ2v) is 7.81. The van der Waals surface area contributed by atoms with Crippen molar-refractivity contribution in [3.8, 4) is 39.5 Å². The maximum absolute atomic E-state index is 5.92. The summed E-state index contributed by atoms with van der Waals surface area (Å²) in [5.74, 6) is 0.705. The fourth-order valence-corrected chi connectivity index (χ4v) is 3.96. The fraction of sp³-hybridized carbons (Fsp3) is 0.0370. The highest BCUT2D eigenvalue weighted by atomic mass is 16.5. The van der Waals surface area contributed by atoms with Gasteiger partial charge in [-0.15, -0.1) is 0 Å². The van der Waals surface area contributed by atoms with Crippen LogP contribution in [0.2, 0.25) is 0 Å². The van der Waals surface area contributed by atoms with Crippen molar-refractivity contribution in [3.05, 3.63) is 103 Å². The van der Waals surface area contributed by atoms with Crippen molar-refractivity contribution in [1.82, 2.24) is 20.2 Å². The Bertz CT molecular complexity index is 1510. The zero-order chi connectivity index (χ0) is 22.0. The van der Waals surface area contributed by atoms with Gasteiger partial charge in [-0.2, -0.15) is 5.10 Å². The molecule has 0 saturated carbocycles. The van der Waals surface area contributed by atoms with Crippen LogP contribution in [-0.2, 0) is 6.61 Å². The maximum atomic E-state index is 5.92. The molecule has 33 heavy (non-hydrogen) atoms. The zero-order valence-corrected chi connectivity index (χ0v) is 17.7. The second kappa shape index (κ2) is 8.16. The molecule has 160 valence electrons. The predicted octanol–water partition coefficient (Wildman–Crippen LogP) is 6.46. The van der Waals surface area contributed by atoms with Crippen molar-refractivity contribution in [3.63, 3.8) is 0 Å². The molecule has 6 aromatic rings.